The zero-order valence-corrected chi connectivity index (χ0v) is 15.4. The molecule has 1 atom stereocenters. The van der Waals surface area contributed by atoms with Crippen molar-refractivity contribution in [3.63, 3.8) is 0 Å². The number of phenolic OH excluding ortho intramolecular Hbond substituents is 1. The monoisotopic (exact) mass is 368 g/mol. The summed E-state index contributed by atoms with van der Waals surface area (Å²) >= 11 is 0. The minimum absolute atomic E-state index is 0.00972. The highest BCUT2D eigenvalue weighted by Gasteiger charge is 2.30. The summed E-state index contributed by atoms with van der Waals surface area (Å²) in [5, 5.41) is 12.7. The SMILES string of the molecule is C[C@H]1c2nc(CC(=O)NC3CCC3)cn2CCN1C(=O)c1cccc(O)c1. The van der Waals surface area contributed by atoms with Crippen LogP contribution in [0.4, 0.5) is 0 Å². The number of phenols is 1. The Morgan fingerprint density at radius 3 is 2.81 bits per heavy atom. The van der Waals surface area contributed by atoms with Crippen LogP contribution in [0.25, 0.3) is 0 Å². The summed E-state index contributed by atoms with van der Waals surface area (Å²) in [6.07, 6.45) is 5.50. The molecule has 1 saturated carbocycles. The standard InChI is InChI=1S/C20H24N4O3/c1-13-19-22-16(11-18(26)21-15-5-3-6-15)12-23(19)8-9-24(13)20(27)14-4-2-7-17(25)10-14/h2,4,7,10,12-13,15,25H,3,5-6,8-9,11H2,1H3,(H,21,26)/t13-/m0/s1. The third-order valence-corrected chi connectivity index (χ3v) is 5.45. The number of imidazole rings is 1. The molecule has 0 saturated heterocycles. The van der Waals surface area contributed by atoms with Crippen LogP contribution in [0, 0.1) is 0 Å². The van der Waals surface area contributed by atoms with E-state index in [0.717, 1.165) is 24.4 Å². The van der Waals surface area contributed by atoms with Crippen LogP contribution in [0.2, 0.25) is 0 Å². The summed E-state index contributed by atoms with van der Waals surface area (Å²) in [4.78, 5) is 31.4. The number of carbonyl (C=O) groups excluding carboxylic acids is 2. The summed E-state index contributed by atoms with van der Waals surface area (Å²) in [6.45, 7) is 3.14. The van der Waals surface area contributed by atoms with Gasteiger partial charge in [-0.05, 0) is 44.4 Å². The molecule has 2 heterocycles. The molecule has 2 aliphatic rings. The third kappa shape index (κ3) is 3.54. The number of hydrogen-bond acceptors (Lipinski definition) is 4. The van der Waals surface area contributed by atoms with Crippen molar-refractivity contribution in [1.82, 2.24) is 19.8 Å². The average molecular weight is 368 g/mol. The molecule has 2 amide bonds. The minimum Gasteiger partial charge on any atom is -0.508 e. The van der Waals surface area contributed by atoms with Gasteiger partial charge in [0.25, 0.3) is 5.91 Å². The van der Waals surface area contributed by atoms with E-state index in [4.69, 9.17) is 0 Å². The molecule has 1 aliphatic heterocycles. The van der Waals surface area contributed by atoms with Crippen LogP contribution >= 0.6 is 0 Å². The number of benzene rings is 1. The lowest BCUT2D eigenvalue weighted by Crippen LogP contribution is -2.41. The molecule has 142 valence electrons. The van der Waals surface area contributed by atoms with Gasteiger partial charge in [-0.1, -0.05) is 6.07 Å². The van der Waals surface area contributed by atoms with E-state index in [-0.39, 0.29) is 30.0 Å². The lowest BCUT2D eigenvalue weighted by Gasteiger charge is -2.33. The summed E-state index contributed by atoms with van der Waals surface area (Å²) in [5.41, 5.74) is 1.20. The van der Waals surface area contributed by atoms with Gasteiger partial charge in [0, 0.05) is 30.9 Å². The molecule has 1 aliphatic carbocycles. The van der Waals surface area contributed by atoms with Crippen molar-refractivity contribution in [2.75, 3.05) is 6.54 Å². The van der Waals surface area contributed by atoms with Crippen molar-refractivity contribution in [2.45, 2.75) is 51.2 Å². The minimum atomic E-state index is -0.197. The van der Waals surface area contributed by atoms with E-state index in [9.17, 15) is 14.7 Å². The first kappa shape index (κ1) is 17.6. The molecule has 7 nitrogen and oxygen atoms in total. The predicted molar refractivity (Wildman–Crippen MR) is 99.3 cm³/mol. The van der Waals surface area contributed by atoms with Crippen LogP contribution in [-0.4, -0.2) is 44.0 Å². The molecule has 1 fully saturated rings. The van der Waals surface area contributed by atoms with Gasteiger partial charge in [0.15, 0.2) is 0 Å². The van der Waals surface area contributed by atoms with Crippen molar-refractivity contribution in [1.29, 1.82) is 0 Å². The second-order valence-corrected chi connectivity index (χ2v) is 7.38. The van der Waals surface area contributed by atoms with Crippen LogP contribution < -0.4 is 5.32 Å². The Morgan fingerprint density at radius 2 is 2.11 bits per heavy atom. The fraction of sp³-hybridized carbons (Fsp3) is 0.450. The molecule has 0 unspecified atom stereocenters. The number of amides is 2. The highest BCUT2D eigenvalue weighted by molar-refractivity contribution is 5.94. The molecule has 7 heteroatoms. The number of aromatic nitrogens is 2. The molecule has 2 aromatic rings. The van der Waals surface area contributed by atoms with E-state index < -0.39 is 0 Å². The fourth-order valence-corrected chi connectivity index (χ4v) is 3.71. The van der Waals surface area contributed by atoms with Gasteiger partial charge in [0.1, 0.15) is 11.6 Å². The van der Waals surface area contributed by atoms with Gasteiger partial charge < -0.3 is 19.9 Å². The van der Waals surface area contributed by atoms with E-state index in [0.29, 0.717) is 24.7 Å². The van der Waals surface area contributed by atoms with E-state index in [1.165, 1.54) is 12.5 Å². The second kappa shape index (κ2) is 7.06. The molecule has 1 aromatic carbocycles. The van der Waals surface area contributed by atoms with Gasteiger partial charge >= 0.3 is 0 Å². The number of nitrogens with zero attached hydrogens (tertiary/aromatic N) is 3. The number of hydrogen-bond donors (Lipinski definition) is 2. The zero-order valence-electron chi connectivity index (χ0n) is 15.4. The normalized spacial score (nSPS) is 19.3. The van der Waals surface area contributed by atoms with Crippen LogP contribution in [0.15, 0.2) is 30.5 Å². The summed E-state index contributed by atoms with van der Waals surface area (Å²) in [7, 11) is 0. The molecule has 1 aromatic heterocycles. The van der Waals surface area contributed by atoms with E-state index in [1.54, 1.807) is 23.1 Å². The van der Waals surface area contributed by atoms with Gasteiger partial charge in [0.05, 0.1) is 18.2 Å². The number of fused-ring (bicyclic) bond motifs is 1. The maximum atomic E-state index is 12.8. The van der Waals surface area contributed by atoms with Gasteiger partial charge in [-0.3, -0.25) is 9.59 Å². The first-order valence-electron chi connectivity index (χ1n) is 9.46. The molecule has 0 bridgehead atoms. The van der Waals surface area contributed by atoms with Crippen LogP contribution in [0.1, 0.15) is 54.1 Å². The van der Waals surface area contributed by atoms with Gasteiger partial charge in [-0.25, -0.2) is 4.98 Å². The lowest BCUT2D eigenvalue weighted by atomic mass is 9.93. The van der Waals surface area contributed by atoms with E-state index >= 15 is 0 Å². The van der Waals surface area contributed by atoms with Crippen molar-refractivity contribution < 1.29 is 14.7 Å². The quantitative estimate of drug-likeness (QED) is 0.864. The molecule has 2 N–H and O–H groups in total. The number of aromatic hydroxyl groups is 1. The highest BCUT2D eigenvalue weighted by atomic mass is 16.3. The zero-order chi connectivity index (χ0) is 19.0. The Hall–Kier alpha value is -2.83. The van der Waals surface area contributed by atoms with Gasteiger partial charge in [-0.2, -0.15) is 0 Å². The largest absolute Gasteiger partial charge is 0.508 e. The number of nitrogens with one attached hydrogen (secondary N) is 1. The number of rotatable bonds is 4. The third-order valence-electron chi connectivity index (χ3n) is 5.45. The Balaban J connectivity index is 1.47. The Labute approximate surface area is 158 Å². The van der Waals surface area contributed by atoms with Crippen molar-refractivity contribution in [2.24, 2.45) is 0 Å². The van der Waals surface area contributed by atoms with Crippen LogP contribution in [-0.2, 0) is 17.8 Å². The highest BCUT2D eigenvalue weighted by Crippen LogP contribution is 2.27. The summed E-state index contributed by atoms with van der Waals surface area (Å²) in [6, 6.07) is 6.51. The van der Waals surface area contributed by atoms with Crippen LogP contribution in [0.5, 0.6) is 5.75 Å². The lowest BCUT2D eigenvalue weighted by molar-refractivity contribution is -0.121. The molecule has 0 radical (unpaired) electrons. The topological polar surface area (TPSA) is 87.5 Å². The van der Waals surface area contributed by atoms with E-state index in [1.807, 2.05) is 17.7 Å². The van der Waals surface area contributed by atoms with Gasteiger partial charge in [0.2, 0.25) is 5.91 Å². The van der Waals surface area contributed by atoms with Crippen molar-refractivity contribution in [3.05, 3.63) is 47.5 Å². The van der Waals surface area contributed by atoms with Gasteiger partial charge in [-0.15, -0.1) is 0 Å². The Kier molecular flexibility index (Phi) is 4.59. The first-order chi connectivity index (χ1) is 13.0. The number of carbonyl (C=O) groups is 2. The molecule has 4 rings (SSSR count). The molecular formula is C20H24N4O3. The van der Waals surface area contributed by atoms with Crippen molar-refractivity contribution in [3.8, 4) is 5.75 Å². The fourth-order valence-electron chi connectivity index (χ4n) is 3.71. The van der Waals surface area contributed by atoms with Crippen molar-refractivity contribution >= 4 is 11.8 Å². The molecular weight excluding hydrogens is 344 g/mol. The van der Waals surface area contributed by atoms with Crippen LogP contribution in [0.3, 0.4) is 0 Å². The molecule has 27 heavy (non-hydrogen) atoms. The average Bonchev–Trinajstić information content (AvgIpc) is 3.01. The van der Waals surface area contributed by atoms with E-state index in [2.05, 4.69) is 10.3 Å². The predicted octanol–water partition coefficient (Wildman–Crippen LogP) is 2.02. The Bertz CT molecular complexity index is 872. The second-order valence-electron chi connectivity index (χ2n) is 7.38. The summed E-state index contributed by atoms with van der Waals surface area (Å²) in [5.74, 6) is 0.750. The molecule has 0 spiro atoms. The smallest absolute Gasteiger partial charge is 0.254 e. The Morgan fingerprint density at radius 1 is 1.30 bits per heavy atom. The maximum absolute atomic E-state index is 12.8. The maximum Gasteiger partial charge on any atom is 0.254 e. The first-order valence-corrected chi connectivity index (χ1v) is 9.46. The summed E-state index contributed by atoms with van der Waals surface area (Å²) < 4.78 is 2.03.